The molecule has 1 fully saturated rings. The van der Waals surface area contributed by atoms with Crippen LogP contribution in [0.2, 0.25) is 0 Å². The van der Waals surface area contributed by atoms with Gasteiger partial charge in [-0.3, -0.25) is 0 Å². The number of halogens is 2. The predicted molar refractivity (Wildman–Crippen MR) is 71.6 cm³/mol. The van der Waals surface area contributed by atoms with Crippen molar-refractivity contribution in [2.45, 2.75) is 38.4 Å². The van der Waals surface area contributed by atoms with Gasteiger partial charge < -0.3 is 4.74 Å². The highest BCUT2D eigenvalue weighted by atomic mass is 19.2. The molecule has 1 aliphatic rings. The van der Waals surface area contributed by atoms with E-state index >= 15 is 0 Å². The zero-order valence-electron chi connectivity index (χ0n) is 11.2. The van der Waals surface area contributed by atoms with E-state index in [4.69, 9.17) is 10.00 Å². The summed E-state index contributed by atoms with van der Waals surface area (Å²) >= 11 is 0. The van der Waals surface area contributed by atoms with Gasteiger partial charge in [-0.25, -0.2) is 8.78 Å². The summed E-state index contributed by atoms with van der Waals surface area (Å²) in [5, 5.41) is 8.48. The number of hydrogen-bond acceptors (Lipinski definition) is 2. The summed E-state index contributed by atoms with van der Waals surface area (Å²) in [6, 6.07) is 5.85. The summed E-state index contributed by atoms with van der Waals surface area (Å²) in [6.07, 6.45) is 7.52. The maximum Gasteiger partial charge on any atom is 0.159 e. The molecule has 0 radical (unpaired) electrons. The fourth-order valence-corrected chi connectivity index (χ4v) is 2.47. The Bertz CT molecular complexity index is 514. The molecule has 2 nitrogen and oxygen atoms in total. The number of ether oxygens (including phenoxy) is 1. The first-order valence-electron chi connectivity index (χ1n) is 6.81. The lowest BCUT2D eigenvalue weighted by atomic mass is 9.87. The molecule has 0 aromatic heterocycles. The van der Waals surface area contributed by atoms with Crippen molar-refractivity contribution in [1.82, 2.24) is 0 Å². The predicted octanol–water partition coefficient (Wildman–Crippen LogP) is 4.12. The Labute approximate surface area is 117 Å². The van der Waals surface area contributed by atoms with Crippen LogP contribution >= 0.6 is 0 Å². The molecular weight excluding hydrogens is 260 g/mol. The number of nitriles is 1. The highest BCUT2D eigenvalue weighted by Crippen LogP contribution is 2.27. The fourth-order valence-electron chi connectivity index (χ4n) is 2.47. The normalized spacial score (nSPS) is 22.9. The summed E-state index contributed by atoms with van der Waals surface area (Å²) in [4.78, 5) is 0. The van der Waals surface area contributed by atoms with E-state index < -0.39 is 11.6 Å². The van der Waals surface area contributed by atoms with Gasteiger partial charge in [0, 0.05) is 6.08 Å². The van der Waals surface area contributed by atoms with Gasteiger partial charge in [0.2, 0.25) is 0 Å². The lowest BCUT2D eigenvalue weighted by Crippen LogP contribution is -2.20. The second-order valence-corrected chi connectivity index (χ2v) is 5.08. The monoisotopic (exact) mass is 277 g/mol. The topological polar surface area (TPSA) is 33.0 Å². The Hall–Kier alpha value is -1.73. The Balaban J connectivity index is 1.77. The molecule has 0 saturated heterocycles. The molecular formula is C16H17F2NO. The van der Waals surface area contributed by atoms with Crippen molar-refractivity contribution in [2.24, 2.45) is 5.92 Å². The highest BCUT2D eigenvalue weighted by molar-refractivity contribution is 5.16. The molecule has 0 spiro atoms. The van der Waals surface area contributed by atoms with Crippen molar-refractivity contribution >= 4 is 0 Å². The van der Waals surface area contributed by atoms with Crippen molar-refractivity contribution in [3.63, 3.8) is 0 Å². The smallest absolute Gasteiger partial charge is 0.159 e. The molecule has 2 rings (SSSR count). The maximum absolute atomic E-state index is 13.0. The van der Waals surface area contributed by atoms with Gasteiger partial charge in [0.25, 0.3) is 0 Å². The molecule has 1 aliphatic carbocycles. The molecule has 0 bridgehead atoms. The first-order chi connectivity index (χ1) is 9.69. The summed E-state index contributed by atoms with van der Waals surface area (Å²) in [7, 11) is 0. The second-order valence-electron chi connectivity index (χ2n) is 5.08. The molecule has 1 aromatic rings. The van der Waals surface area contributed by atoms with Crippen LogP contribution < -0.4 is 0 Å². The third kappa shape index (κ3) is 4.14. The number of rotatable bonds is 4. The first-order valence-corrected chi connectivity index (χ1v) is 6.81. The van der Waals surface area contributed by atoms with Gasteiger partial charge in [-0.2, -0.15) is 5.26 Å². The number of nitrogens with zero attached hydrogens (tertiary/aromatic N) is 1. The van der Waals surface area contributed by atoms with Gasteiger partial charge in [0.05, 0.1) is 18.8 Å². The largest absolute Gasteiger partial charge is 0.374 e. The average molecular weight is 277 g/mol. The quantitative estimate of drug-likeness (QED) is 0.775. The Kier molecular flexibility index (Phi) is 5.25. The SMILES string of the molecule is N#C/C=C/[C@H]1CC[C@H](OCc2ccc(F)c(F)c2)CC1. The summed E-state index contributed by atoms with van der Waals surface area (Å²) in [5.41, 5.74) is 0.649. The lowest BCUT2D eigenvalue weighted by Gasteiger charge is -2.26. The van der Waals surface area contributed by atoms with Crippen molar-refractivity contribution in [3.8, 4) is 6.07 Å². The van der Waals surface area contributed by atoms with Gasteiger partial charge in [-0.15, -0.1) is 0 Å². The molecule has 0 N–H and O–H groups in total. The Morgan fingerprint density at radius 2 is 1.95 bits per heavy atom. The van der Waals surface area contributed by atoms with Crippen LogP contribution in [0.3, 0.4) is 0 Å². The van der Waals surface area contributed by atoms with E-state index in [9.17, 15) is 8.78 Å². The minimum atomic E-state index is -0.837. The summed E-state index contributed by atoms with van der Waals surface area (Å²) in [5.74, 6) is -1.22. The van der Waals surface area contributed by atoms with E-state index in [-0.39, 0.29) is 6.10 Å². The zero-order valence-corrected chi connectivity index (χ0v) is 11.2. The fraction of sp³-hybridized carbons (Fsp3) is 0.438. The van der Waals surface area contributed by atoms with E-state index in [1.165, 1.54) is 12.1 Å². The van der Waals surface area contributed by atoms with Crippen LogP contribution in [0.1, 0.15) is 31.2 Å². The molecule has 1 saturated carbocycles. The van der Waals surface area contributed by atoms with Crippen molar-refractivity contribution in [3.05, 3.63) is 47.5 Å². The number of allylic oxidation sites excluding steroid dienone is 2. The summed E-state index contributed by atoms with van der Waals surface area (Å²) < 4.78 is 31.6. The molecule has 1 aromatic carbocycles. The molecule has 0 atom stereocenters. The lowest BCUT2D eigenvalue weighted by molar-refractivity contribution is 0.0109. The number of hydrogen-bond donors (Lipinski definition) is 0. The van der Waals surface area contributed by atoms with Gasteiger partial charge in [0.15, 0.2) is 11.6 Å². The van der Waals surface area contributed by atoms with Crippen LogP contribution in [0, 0.1) is 28.9 Å². The van der Waals surface area contributed by atoms with E-state index in [1.807, 2.05) is 12.1 Å². The maximum atomic E-state index is 13.0. The minimum Gasteiger partial charge on any atom is -0.374 e. The third-order valence-electron chi connectivity index (χ3n) is 3.63. The molecule has 106 valence electrons. The second kappa shape index (κ2) is 7.16. The van der Waals surface area contributed by atoms with Gasteiger partial charge in [-0.1, -0.05) is 12.1 Å². The average Bonchev–Trinajstić information content (AvgIpc) is 2.47. The van der Waals surface area contributed by atoms with Gasteiger partial charge in [0.1, 0.15) is 0 Å². The van der Waals surface area contributed by atoms with Crippen molar-refractivity contribution in [1.29, 1.82) is 5.26 Å². The van der Waals surface area contributed by atoms with E-state index in [2.05, 4.69) is 0 Å². The van der Waals surface area contributed by atoms with Gasteiger partial charge >= 0.3 is 0 Å². The van der Waals surface area contributed by atoms with Crippen LogP contribution in [-0.4, -0.2) is 6.10 Å². The highest BCUT2D eigenvalue weighted by Gasteiger charge is 2.20. The molecule has 0 unspecified atom stereocenters. The van der Waals surface area contributed by atoms with Crippen LogP contribution in [0.25, 0.3) is 0 Å². The summed E-state index contributed by atoms with van der Waals surface area (Å²) in [6.45, 7) is 0.306. The molecule has 0 amide bonds. The van der Waals surface area contributed by atoms with E-state index in [0.29, 0.717) is 18.1 Å². The molecule has 4 heteroatoms. The number of benzene rings is 1. The van der Waals surface area contributed by atoms with Crippen LogP contribution in [0.5, 0.6) is 0 Å². The van der Waals surface area contributed by atoms with Gasteiger partial charge in [-0.05, 0) is 49.3 Å². The van der Waals surface area contributed by atoms with E-state index in [1.54, 1.807) is 6.07 Å². The standard InChI is InChI=1S/C16H17F2NO/c17-15-8-5-13(10-16(15)18)11-20-14-6-3-12(4-7-14)2-1-9-19/h1-2,5,8,10,12,14H,3-4,6-7,11H2/b2-1+/t12-,14-. The van der Waals surface area contributed by atoms with Crippen LogP contribution in [-0.2, 0) is 11.3 Å². The zero-order chi connectivity index (χ0) is 14.4. The minimum absolute atomic E-state index is 0.162. The first kappa shape index (κ1) is 14.7. The van der Waals surface area contributed by atoms with Crippen molar-refractivity contribution in [2.75, 3.05) is 0 Å². The third-order valence-corrected chi connectivity index (χ3v) is 3.63. The van der Waals surface area contributed by atoms with Crippen LogP contribution in [0.15, 0.2) is 30.4 Å². The molecule has 0 heterocycles. The molecule has 20 heavy (non-hydrogen) atoms. The Morgan fingerprint density at radius 1 is 1.20 bits per heavy atom. The van der Waals surface area contributed by atoms with E-state index in [0.717, 1.165) is 31.7 Å². The molecule has 0 aliphatic heterocycles. The van der Waals surface area contributed by atoms with Crippen molar-refractivity contribution < 1.29 is 13.5 Å². The Morgan fingerprint density at radius 3 is 2.60 bits per heavy atom. The van der Waals surface area contributed by atoms with Crippen LogP contribution in [0.4, 0.5) is 8.78 Å².